The average molecular weight is 337 g/mol. The first-order valence-corrected chi connectivity index (χ1v) is 8.70. The zero-order chi connectivity index (χ0) is 17.4. The van der Waals surface area contributed by atoms with E-state index in [1.54, 1.807) is 0 Å². The lowest BCUT2D eigenvalue weighted by Crippen LogP contribution is -2.20. The van der Waals surface area contributed by atoms with Gasteiger partial charge in [0.2, 0.25) is 11.7 Å². The van der Waals surface area contributed by atoms with Crippen LogP contribution in [0.25, 0.3) is 11.4 Å². The molecule has 1 saturated heterocycles. The largest absolute Gasteiger partial charge is 0.339 e. The van der Waals surface area contributed by atoms with Crippen molar-refractivity contribution in [3.63, 3.8) is 0 Å². The summed E-state index contributed by atoms with van der Waals surface area (Å²) in [5.41, 5.74) is 4.74. The maximum absolute atomic E-state index is 5.56. The Labute approximate surface area is 147 Å². The van der Waals surface area contributed by atoms with Crippen LogP contribution >= 0.6 is 0 Å². The summed E-state index contributed by atoms with van der Waals surface area (Å²) in [6.45, 7) is 7.10. The lowest BCUT2D eigenvalue weighted by Gasteiger charge is -2.14. The predicted molar refractivity (Wildman–Crippen MR) is 95.1 cm³/mol. The molecule has 0 bridgehead atoms. The second-order valence-electron chi connectivity index (χ2n) is 6.92. The molecule has 0 radical (unpaired) electrons. The van der Waals surface area contributed by atoms with Gasteiger partial charge < -0.3 is 4.52 Å². The van der Waals surface area contributed by atoms with E-state index in [0.29, 0.717) is 11.7 Å². The number of rotatable bonds is 4. The molecule has 0 saturated carbocycles. The maximum Gasteiger partial charge on any atom is 0.231 e. The molecule has 130 valence electrons. The third-order valence-corrected chi connectivity index (χ3v) is 5.10. The number of benzene rings is 1. The number of nitrogens with zero attached hydrogens (tertiary/aromatic N) is 5. The van der Waals surface area contributed by atoms with Crippen molar-refractivity contribution in [2.75, 3.05) is 13.1 Å². The van der Waals surface area contributed by atoms with Gasteiger partial charge in [-0.25, -0.2) is 0 Å². The van der Waals surface area contributed by atoms with E-state index < -0.39 is 0 Å². The van der Waals surface area contributed by atoms with E-state index in [0.717, 1.165) is 37.5 Å². The Balaban J connectivity index is 1.43. The van der Waals surface area contributed by atoms with Crippen molar-refractivity contribution in [3.05, 3.63) is 53.2 Å². The van der Waals surface area contributed by atoms with Gasteiger partial charge in [-0.1, -0.05) is 35.0 Å². The van der Waals surface area contributed by atoms with E-state index >= 15 is 0 Å². The second-order valence-corrected chi connectivity index (χ2v) is 6.92. The summed E-state index contributed by atoms with van der Waals surface area (Å²) >= 11 is 0. The fourth-order valence-electron chi connectivity index (χ4n) is 3.34. The van der Waals surface area contributed by atoms with Crippen LogP contribution in [0.2, 0.25) is 0 Å². The Kier molecular flexibility index (Phi) is 4.13. The van der Waals surface area contributed by atoms with E-state index in [2.05, 4.69) is 46.1 Å². The third kappa shape index (κ3) is 3.22. The molecule has 6 heteroatoms. The zero-order valence-electron chi connectivity index (χ0n) is 14.9. The lowest BCUT2D eigenvalue weighted by molar-refractivity contribution is 0.308. The van der Waals surface area contributed by atoms with Crippen LogP contribution in [-0.2, 0) is 13.6 Å². The second kappa shape index (κ2) is 6.44. The van der Waals surface area contributed by atoms with Crippen LogP contribution in [0.4, 0.5) is 0 Å². The summed E-state index contributed by atoms with van der Waals surface area (Å²) in [5, 5.41) is 8.50. The summed E-state index contributed by atoms with van der Waals surface area (Å²) in [5.74, 6) is 1.74. The lowest BCUT2D eigenvalue weighted by atomic mass is 10.1. The smallest absolute Gasteiger partial charge is 0.231 e. The fourth-order valence-corrected chi connectivity index (χ4v) is 3.34. The molecule has 1 aliphatic rings. The number of hydrogen-bond donors (Lipinski definition) is 0. The van der Waals surface area contributed by atoms with Crippen LogP contribution in [-0.4, -0.2) is 37.9 Å². The normalized spacial score (nSPS) is 18.1. The van der Waals surface area contributed by atoms with Gasteiger partial charge in [0, 0.05) is 37.0 Å². The van der Waals surface area contributed by atoms with E-state index in [1.807, 2.05) is 30.1 Å². The van der Waals surface area contributed by atoms with Gasteiger partial charge in [0.1, 0.15) is 0 Å². The van der Waals surface area contributed by atoms with Crippen molar-refractivity contribution >= 4 is 0 Å². The summed E-state index contributed by atoms with van der Waals surface area (Å²) in [4.78, 5) is 7.07. The fraction of sp³-hybridized carbons (Fsp3) is 0.421. The number of likely N-dealkylation sites (tertiary alicyclic amines) is 1. The summed E-state index contributed by atoms with van der Waals surface area (Å²) in [6.07, 6.45) is 3.01. The zero-order valence-corrected chi connectivity index (χ0v) is 14.9. The highest BCUT2D eigenvalue weighted by Crippen LogP contribution is 2.29. The van der Waals surface area contributed by atoms with Gasteiger partial charge in [0.25, 0.3) is 0 Å². The van der Waals surface area contributed by atoms with Crippen LogP contribution in [0.5, 0.6) is 0 Å². The maximum atomic E-state index is 5.56. The molecule has 0 aliphatic carbocycles. The molecule has 0 spiro atoms. The van der Waals surface area contributed by atoms with Crippen molar-refractivity contribution < 1.29 is 4.52 Å². The minimum absolute atomic E-state index is 0.309. The molecule has 0 N–H and O–H groups in total. The third-order valence-electron chi connectivity index (χ3n) is 5.10. The molecule has 1 fully saturated rings. The highest BCUT2D eigenvalue weighted by atomic mass is 16.5. The van der Waals surface area contributed by atoms with Crippen molar-refractivity contribution in [2.45, 2.75) is 32.7 Å². The first kappa shape index (κ1) is 16.0. The average Bonchev–Trinajstić information content (AvgIpc) is 3.33. The molecular weight excluding hydrogens is 314 g/mol. The molecule has 0 amide bonds. The molecule has 25 heavy (non-hydrogen) atoms. The number of hydrogen-bond acceptors (Lipinski definition) is 5. The standard InChI is InChI=1S/C19H23N5O/c1-13-4-6-15(7-5-13)18-21-19(25-22-18)16-8-9-24(11-16)12-17-10-20-23(3)14(17)2/h4-7,10,16H,8-9,11-12H2,1-3H3. The van der Waals surface area contributed by atoms with Gasteiger partial charge in [-0.15, -0.1) is 0 Å². The number of aryl methyl sites for hydroxylation is 2. The molecule has 3 aromatic rings. The van der Waals surface area contributed by atoms with Crippen molar-refractivity contribution in [1.82, 2.24) is 24.8 Å². The first-order valence-electron chi connectivity index (χ1n) is 8.70. The van der Waals surface area contributed by atoms with E-state index in [4.69, 9.17) is 4.52 Å². The Morgan fingerprint density at radius 1 is 1.20 bits per heavy atom. The predicted octanol–water partition coefficient (Wildman–Crippen LogP) is 3.08. The Morgan fingerprint density at radius 2 is 2.00 bits per heavy atom. The quantitative estimate of drug-likeness (QED) is 0.732. The number of aromatic nitrogens is 4. The molecule has 2 aromatic heterocycles. The minimum Gasteiger partial charge on any atom is -0.339 e. The topological polar surface area (TPSA) is 60.0 Å². The Hall–Kier alpha value is -2.47. The summed E-state index contributed by atoms with van der Waals surface area (Å²) in [6, 6.07) is 8.21. The van der Waals surface area contributed by atoms with Crippen molar-refractivity contribution in [3.8, 4) is 11.4 Å². The van der Waals surface area contributed by atoms with Crippen molar-refractivity contribution in [2.24, 2.45) is 7.05 Å². The molecule has 1 atom stereocenters. The molecule has 6 nitrogen and oxygen atoms in total. The van der Waals surface area contributed by atoms with Crippen LogP contribution < -0.4 is 0 Å². The van der Waals surface area contributed by atoms with E-state index in [1.165, 1.54) is 16.8 Å². The van der Waals surface area contributed by atoms with Gasteiger partial charge in [-0.3, -0.25) is 9.58 Å². The highest BCUT2D eigenvalue weighted by molar-refractivity contribution is 5.54. The molecule has 1 aliphatic heterocycles. The molecule has 1 unspecified atom stereocenters. The molecule has 4 rings (SSSR count). The molecular formula is C19H23N5O. The first-order chi connectivity index (χ1) is 12.1. The summed E-state index contributed by atoms with van der Waals surface area (Å²) < 4.78 is 7.48. The van der Waals surface area contributed by atoms with Gasteiger partial charge >= 0.3 is 0 Å². The van der Waals surface area contributed by atoms with Crippen LogP contribution in [0, 0.1) is 13.8 Å². The summed E-state index contributed by atoms with van der Waals surface area (Å²) in [7, 11) is 1.98. The SMILES string of the molecule is Cc1ccc(-c2noc(C3CCN(Cc4cnn(C)c4C)C3)n2)cc1. The van der Waals surface area contributed by atoms with Crippen LogP contribution in [0.3, 0.4) is 0 Å². The van der Waals surface area contributed by atoms with E-state index in [9.17, 15) is 0 Å². The van der Waals surface area contributed by atoms with Crippen LogP contribution in [0.15, 0.2) is 35.0 Å². The minimum atomic E-state index is 0.309. The van der Waals surface area contributed by atoms with E-state index in [-0.39, 0.29) is 0 Å². The van der Waals surface area contributed by atoms with Gasteiger partial charge in [0.15, 0.2) is 0 Å². The molecule has 3 heterocycles. The monoisotopic (exact) mass is 337 g/mol. The Bertz CT molecular complexity index is 864. The van der Waals surface area contributed by atoms with Gasteiger partial charge in [-0.05, 0) is 26.8 Å². The molecule has 1 aromatic carbocycles. The van der Waals surface area contributed by atoms with Crippen molar-refractivity contribution in [1.29, 1.82) is 0 Å². The van der Waals surface area contributed by atoms with Gasteiger partial charge in [-0.2, -0.15) is 10.1 Å². The van der Waals surface area contributed by atoms with Gasteiger partial charge in [0.05, 0.1) is 12.1 Å². The van der Waals surface area contributed by atoms with Crippen LogP contribution in [0.1, 0.15) is 35.1 Å². The highest BCUT2D eigenvalue weighted by Gasteiger charge is 2.29. The Morgan fingerprint density at radius 3 is 2.72 bits per heavy atom.